The Morgan fingerprint density at radius 1 is 1.10 bits per heavy atom. The molecule has 6 nitrogen and oxygen atoms in total. The summed E-state index contributed by atoms with van der Waals surface area (Å²) in [4.78, 5) is 29.4. The van der Waals surface area contributed by atoms with Crippen molar-refractivity contribution in [3.05, 3.63) is 70.2 Å². The predicted molar refractivity (Wildman–Crippen MR) is 114 cm³/mol. The summed E-state index contributed by atoms with van der Waals surface area (Å²) in [7, 11) is 0. The van der Waals surface area contributed by atoms with E-state index in [1.807, 2.05) is 23.1 Å². The fourth-order valence-corrected chi connectivity index (χ4v) is 3.74. The lowest BCUT2D eigenvalue weighted by molar-refractivity contribution is -0.136. The number of amides is 1. The zero-order valence-electron chi connectivity index (χ0n) is 16.9. The zero-order valence-corrected chi connectivity index (χ0v) is 16.9. The molecule has 0 spiro atoms. The SMILES string of the molecule is CC(C(=O)N1CCN(CC=Cc2ccccc2)CC1)n1nc(C2CC2)ccc1=O. The van der Waals surface area contributed by atoms with E-state index in [1.165, 1.54) is 10.2 Å². The highest BCUT2D eigenvalue weighted by molar-refractivity contribution is 5.80. The molecular formula is C23H28N4O2. The van der Waals surface area contributed by atoms with Gasteiger partial charge in [0.15, 0.2) is 0 Å². The molecule has 0 N–H and O–H groups in total. The zero-order chi connectivity index (χ0) is 20.2. The van der Waals surface area contributed by atoms with Crippen LogP contribution in [0.3, 0.4) is 0 Å². The van der Waals surface area contributed by atoms with E-state index in [0.29, 0.717) is 19.0 Å². The van der Waals surface area contributed by atoms with Crippen LogP contribution in [0.25, 0.3) is 6.08 Å². The molecule has 2 aromatic rings. The third kappa shape index (κ3) is 4.82. The van der Waals surface area contributed by atoms with Gasteiger partial charge in [0.05, 0.1) is 5.69 Å². The Balaban J connectivity index is 1.31. The Bertz CT molecular complexity index is 925. The maximum atomic E-state index is 12.9. The first-order chi connectivity index (χ1) is 14.1. The number of aromatic nitrogens is 2. The molecule has 1 amide bonds. The minimum atomic E-state index is -0.564. The molecule has 0 radical (unpaired) electrons. The van der Waals surface area contributed by atoms with Crippen LogP contribution in [0.15, 0.2) is 53.3 Å². The molecule has 1 aromatic carbocycles. The molecule has 4 rings (SSSR count). The van der Waals surface area contributed by atoms with Crippen LogP contribution in [-0.4, -0.2) is 58.2 Å². The normalized spacial score (nSPS) is 18.9. The summed E-state index contributed by atoms with van der Waals surface area (Å²) in [6, 6.07) is 13.0. The Morgan fingerprint density at radius 3 is 2.52 bits per heavy atom. The van der Waals surface area contributed by atoms with Gasteiger partial charge in [0.2, 0.25) is 5.91 Å². The number of hydrogen-bond donors (Lipinski definition) is 0. The highest BCUT2D eigenvalue weighted by atomic mass is 16.2. The highest BCUT2D eigenvalue weighted by Gasteiger charge is 2.29. The second-order valence-corrected chi connectivity index (χ2v) is 7.93. The van der Waals surface area contributed by atoms with Gasteiger partial charge in [-0.25, -0.2) is 4.68 Å². The Labute approximate surface area is 171 Å². The first-order valence-corrected chi connectivity index (χ1v) is 10.4. The predicted octanol–water partition coefficient (Wildman–Crippen LogP) is 2.54. The van der Waals surface area contributed by atoms with E-state index < -0.39 is 6.04 Å². The minimum Gasteiger partial charge on any atom is -0.338 e. The average molecular weight is 393 g/mol. The maximum Gasteiger partial charge on any atom is 0.267 e. The molecule has 29 heavy (non-hydrogen) atoms. The fourth-order valence-electron chi connectivity index (χ4n) is 3.74. The van der Waals surface area contributed by atoms with E-state index in [-0.39, 0.29) is 11.5 Å². The van der Waals surface area contributed by atoms with Gasteiger partial charge in [-0.3, -0.25) is 14.5 Å². The second kappa shape index (κ2) is 8.74. The third-order valence-electron chi connectivity index (χ3n) is 5.72. The van der Waals surface area contributed by atoms with Crippen LogP contribution in [0.1, 0.15) is 43.0 Å². The van der Waals surface area contributed by atoms with E-state index >= 15 is 0 Å². The van der Waals surface area contributed by atoms with Gasteiger partial charge in [-0.2, -0.15) is 5.10 Å². The van der Waals surface area contributed by atoms with Crippen molar-refractivity contribution in [1.29, 1.82) is 0 Å². The molecule has 1 saturated heterocycles. The van der Waals surface area contributed by atoms with Crippen LogP contribution in [0.2, 0.25) is 0 Å². The molecule has 2 heterocycles. The molecule has 1 atom stereocenters. The summed E-state index contributed by atoms with van der Waals surface area (Å²) in [6.07, 6.45) is 6.54. The molecule has 152 valence electrons. The molecule has 0 bridgehead atoms. The topological polar surface area (TPSA) is 58.4 Å². The average Bonchev–Trinajstić information content (AvgIpc) is 3.60. The third-order valence-corrected chi connectivity index (χ3v) is 5.72. The van der Waals surface area contributed by atoms with E-state index in [9.17, 15) is 9.59 Å². The van der Waals surface area contributed by atoms with Crippen molar-refractivity contribution in [2.24, 2.45) is 0 Å². The van der Waals surface area contributed by atoms with Crippen molar-refractivity contribution in [2.75, 3.05) is 32.7 Å². The number of nitrogens with zero attached hydrogens (tertiary/aromatic N) is 4. The lowest BCUT2D eigenvalue weighted by Gasteiger charge is -2.35. The number of carbonyl (C=O) groups excluding carboxylic acids is 1. The summed E-state index contributed by atoms with van der Waals surface area (Å²) in [5.41, 5.74) is 1.92. The molecule has 2 fully saturated rings. The van der Waals surface area contributed by atoms with Crippen molar-refractivity contribution >= 4 is 12.0 Å². The van der Waals surface area contributed by atoms with Gasteiger partial charge < -0.3 is 4.90 Å². The van der Waals surface area contributed by atoms with Gasteiger partial charge in [-0.1, -0.05) is 42.5 Å². The number of rotatable bonds is 6. The van der Waals surface area contributed by atoms with Crippen molar-refractivity contribution in [3.8, 4) is 0 Å². The molecular weight excluding hydrogens is 364 g/mol. The van der Waals surface area contributed by atoms with Crippen LogP contribution in [0.4, 0.5) is 0 Å². The van der Waals surface area contributed by atoms with Crippen LogP contribution in [-0.2, 0) is 4.79 Å². The number of carbonyl (C=O) groups is 1. The summed E-state index contributed by atoms with van der Waals surface area (Å²) < 4.78 is 1.37. The fraction of sp³-hybridized carbons (Fsp3) is 0.435. The maximum absolute atomic E-state index is 12.9. The largest absolute Gasteiger partial charge is 0.338 e. The van der Waals surface area contributed by atoms with Crippen molar-refractivity contribution in [3.63, 3.8) is 0 Å². The number of benzene rings is 1. The van der Waals surface area contributed by atoms with E-state index in [0.717, 1.165) is 38.2 Å². The smallest absolute Gasteiger partial charge is 0.267 e. The second-order valence-electron chi connectivity index (χ2n) is 7.93. The van der Waals surface area contributed by atoms with Gasteiger partial charge in [0, 0.05) is 44.7 Å². The Hall–Kier alpha value is -2.73. The summed E-state index contributed by atoms with van der Waals surface area (Å²) in [5.74, 6) is 0.434. The van der Waals surface area contributed by atoms with Crippen molar-refractivity contribution in [1.82, 2.24) is 19.6 Å². The molecule has 1 aliphatic carbocycles. The standard InChI is InChI=1S/C23H28N4O2/c1-18(27-22(28)12-11-21(24-27)20-9-10-20)23(29)26-16-14-25(15-17-26)13-5-8-19-6-3-2-4-7-19/h2-8,11-12,18,20H,9-10,13-17H2,1H3. The van der Waals surface area contributed by atoms with E-state index in [2.05, 4.69) is 34.3 Å². The van der Waals surface area contributed by atoms with Crippen LogP contribution in [0, 0.1) is 0 Å². The number of piperazine rings is 1. The first-order valence-electron chi connectivity index (χ1n) is 10.4. The summed E-state index contributed by atoms with van der Waals surface area (Å²) >= 11 is 0. The number of hydrogen-bond acceptors (Lipinski definition) is 4. The van der Waals surface area contributed by atoms with Crippen molar-refractivity contribution in [2.45, 2.75) is 31.7 Å². The van der Waals surface area contributed by atoms with E-state index in [1.54, 1.807) is 19.1 Å². The van der Waals surface area contributed by atoms with Gasteiger partial charge >= 0.3 is 0 Å². The summed E-state index contributed by atoms with van der Waals surface area (Å²) in [6.45, 7) is 5.68. The highest BCUT2D eigenvalue weighted by Crippen LogP contribution is 2.38. The van der Waals surface area contributed by atoms with Crippen LogP contribution in [0.5, 0.6) is 0 Å². The molecule has 1 saturated carbocycles. The minimum absolute atomic E-state index is 0.0213. The Kier molecular flexibility index (Phi) is 5.90. The van der Waals surface area contributed by atoms with Gasteiger partial charge in [-0.05, 0) is 31.4 Å². The van der Waals surface area contributed by atoms with Crippen molar-refractivity contribution < 1.29 is 4.79 Å². The van der Waals surface area contributed by atoms with Gasteiger partial charge in [-0.15, -0.1) is 0 Å². The first kappa shape index (κ1) is 19.6. The quantitative estimate of drug-likeness (QED) is 0.758. The summed E-state index contributed by atoms with van der Waals surface area (Å²) in [5, 5.41) is 4.47. The van der Waals surface area contributed by atoms with Gasteiger partial charge in [0.25, 0.3) is 5.56 Å². The molecule has 2 aliphatic rings. The molecule has 6 heteroatoms. The Morgan fingerprint density at radius 2 is 1.83 bits per heavy atom. The molecule has 1 aliphatic heterocycles. The molecule has 1 unspecified atom stereocenters. The monoisotopic (exact) mass is 392 g/mol. The molecule has 1 aromatic heterocycles. The van der Waals surface area contributed by atoms with Crippen LogP contribution < -0.4 is 5.56 Å². The lowest BCUT2D eigenvalue weighted by Crippen LogP contribution is -2.51. The lowest BCUT2D eigenvalue weighted by atomic mass is 10.2. The van der Waals surface area contributed by atoms with E-state index in [4.69, 9.17) is 0 Å². The van der Waals surface area contributed by atoms with Gasteiger partial charge in [0.1, 0.15) is 6.04 Å². The van der Waals surface area contributed by atoms with Crippen LogP contribution >= 0.6 is 0 Å².